The van der Waals surface area contributed by atoms with Crippen molar-refractivity contribution in [3.63, 3.8) is 0 Å². The highest BCUT2D eigenvalue weighted by atomic mass is 15.2. The van der Waals surface area contributed by atoms with Crippen molar-refractivity contribution in [2.24, 2.45) is 0 Å². The van der Waals surface area contributed by atoms with Crippen molar-refractivity contribution in [2.75, 3.05) is 18.0 Å². The number of anilines is 1. The summed E-state index contributed by atoms with van der Waals surface area (Å²) in [6.45, 7) is 1.90. The number of aromatic amines is 2. The summed E-state index contributed by atoms with van der Waals surface area (Å²) in [5.41, 5.74) is 4.31. The van der Waals surface area contributed by atoms with Crippen molar-refractivity contribution < 1.29 is 0 Å². The van der Waals surface area contributed by atoms with Gasteiger partial charge in [0.1, 0.15) is 12.4 Å². The fraction of sp³-hybridized carbons (Fsp3) is 0.294. The number of nitriles is 1. The van der Waals surface area contributed by atoms with E-state index in [2.05, 4.69) is 36.3 Å². The van der Waals surface area contributed by atoms with E-state index in [1.807, 2.05) is 18.3 Å². The first kappa shape index (κ1) is 14.5. The summed E-state index contributed by atoms with van der Waals surface area (Å²) in [5, 5.41) is 23.6. The molecule has 24 heavy (non-hydrogen) atoms. The summed E-state index contributed by atoms with van der Waals surface area (Å²) in [4.78, 5) is 6.58. The zero-order valence-electron chi connectivity index (χ0n) is 13.2. The third kappa shape index (κ3) is 2.42. The van der Waals surface area contributed by atoms with Gasteiger partial charge in [-0.05, 0) is 25.3 Å². The molecule has 120 valence electrons. The number of hydrogen-bond acceptors (Lipinski definition) is 5. The average molecular weight is 319 g/mol. The predicted molar refractivity (Wildman–Crippen MR) is 90.2 cm³/mol. The van der Waals surface area contributed by atoms with Gasteiger partial charge in [-0.15, -0.1) is 0 Å². The maximum Gasteiger partial charge on any atom is 0.157 e. The third-order valence-electron chi connectivity index (χ3n) is 4.44. The van der Waals surface area contributed by atoms with Crippen LogP contribution in [0.2, 0.25) is 0 Å². The largest absolute Gasteiger partial charge is 0.370 e. The maximum absolute atomic E-state index is 9.90. The van der Waals surface area contributed by atoms with Crippen LogP contribution in [0.25, 0.3) is 22.5 Å². The summed E-state index contributed by atoms with van der Waals surface area (Å²) in [6.07, 6.45) is 8.55. The molecule has 1 saturated heterocycles. The molecule has 1 aliphatic heterocycles. The molecule has 0 bridgehead atoms. The molecule has 0 amide bonds. The molecular formula is C17H17N7. The molecule has 0 aliphatic carbocycles. The Morgan fingerprint density at radius 1 is 1.08 bits per heavy atom. The lowest BCUT2D eigenvalue weighted by Crippen LogP contribution is -2.30. The van der Waals surface area contributed by atoms with E-state index in [9.17, 15) is 5.26 Å². The second kappa shape index (κ2) is 6.16. The van der Waals surface area contributed by atoms with E-state index in [0.717, 1.165) is 48.3 Å². The van der Waals surface area contributed by atoms with Crippen molar-refractivity contribution in [3.8, 4) is 28.6 Å². The Kier molecular flexibility index (Phi) is 3.71. The lowest BCUT2D eigenvalue weighted by atomic mass is 9.95. The van der Waals surface area contributed by atoms with Crippen LogP contribution >= 0.6 is 0 Å². The Balaban J connectivity index is 1.94. The minimum absolute atomic E-state index is 0.659. The van der Waals surface area contributed by atoms with Gasteiger partial charge in [-0.1, -0.05) is 6.07 Å². The van der Waals surface area contributed by atoms with Gasteiger partial charge in [0, 0.05) is 36.0 Å². The standard InChI is InChI=1S/C17H17N7/c18-8-15-13(12-9-20-21-10-12)4-5-14(17-19-11-22-23-17)16(15)24-6-2-1-3-7-24/h4-5,9-11H,1-3,6-7H2,(H,20,21)(H,19,22,23). The van der Waals surface area contributed by atoms with Crippen LogP contribution in [0.1, 0.15) is 24.8 Å². The topological polar surface area (TPSA) is 97.3 Å². The molecule has 0 spiro atoms. The van der Waals surface area contributed by atoms with E-state index >= 15 is 0 Å². The first-order valence-corrected chi connectivity index (χ1v) is 8.05. The van der Waals surface area contributed by atoms with Crippen LogP contribution < -0.4 is 4.90 Å². The Morgan fingerprint density at radius 3 is 2.58 bits per heavy atom. The molecule has 1 fully saturated rings. The van der Waals surface area contributed by atoms with E-state index in [1.54, 1.807) is 6.20 Å². The van der Waals surface area contributed by atoms with Gasteiger partial charge < -0.3 is 4.90 Å². The van der Waals surface area contributed by atoms with Crippen molar-refractivity contribution in [2.45, 2.75) is 19.3 Å². The second-order valence-electron chi connectivity index (χ2n) is 5.86. The molecule has 0 radical (unpaired) electrons. The van der Waals surface area contributed by atoms with Crippen molar-refractivity contribution in [1.29, 1.82) is 5.26 Å². The van der Waals surface area contributed by atoms with E-state index in [0.29, 0.717) is 11.4 Å². The van der Waals surface area contributed by atoms with Gasteiger partial charge in [0.05, 0.1) is 17.4 Å². The third-order valence-corrected chi connectivity index (χ3v) is 4.44. The second-order valence-corrected chi connectivity index (χ2v) is 5.86. The summed E-state index contributed by atoms with van der Waals surface area (Å²) >= 11 is 0. The predicted octanol–water partition coefficient (Wildman–Crippen LogP) is 2.72. The first-order chi connectivity index (χ1) is 11.9. The zero-order valence-corrected chi connectivity index (χ0v) is 13.2. The average Bonchev–Trinajstić information content (AvgIpc) is 3.34. The molecule has 2 aromatic heterocycles. The van der Waals surface area contributed by atoms with Crippen LogP contribution in [0, 0.1) is 11.3 Å². The lowest BCUT2D eigenvalue weighted by Gasteiger charge is -2.31. The van der Waals surface area contributed by atoms with Gasteiger partial charge in [0.2, 0.25) is 0 Å². The maximum atomic E-state index is 9.90. The smallest absolute Gasteiger partial charge is 0.157 e. The molecular weight excluding hydrogens is 302 g/mol. The number of piperidine rings is 1. The number of H-pyrrole nitrogens is 2. The van der Waals surface area contributed by atoms with Crippen LogP contribution in [0.4, 0.5) is 5.69 Å². The minimum Gasteiger partial charge on any atom is -0.370 e. The van der Waals surface area contributed by atoms with Gasteiger partial charge in [-0.3, -0.25) is 10.2 Å². The highest BCUT2D eigenvalue weighted by Crippen LogP contribution is 2.38. The van der Waals surface area contributed by atoms with Crippen LogP contribution in [0.15, 0.2) is 30.9 Å². The quantitative estimate of drug-likeness (QED) is 0.773. The number of hydrogen-bond donors (Lipinski definition) is 2. The van der Waals surface area contributed by atoms with Gasteiger partial charge >= 0.3 is 0 Å². The first-order valence-electron chi connectivity index (χ1n) is 8.05. The molecule has 4 rings (SSSR count). The number of nitrogens with zero attached hydrogens (tertiary/aromatic N) is 5. The van der Waals surface area contributed by atoms with Crippen LogP contribution in [-0.2, 0) is 0 Å². The molecule has 7 nitrogen and oxygen atoms in total. The van der Waals surface area contributed by atoms with Crippen molar-refractivity contribution in [3.05, 3.63) is 36.4 Å². The molecule has 0 unspecified atom stereocenters. The Bertz CT molecular complexity index is 853. The normalized spacial score (nSPS) is 14.5. The summed E-state index contributed by atoms with van der Waals surface area (Å²) < 4.78 is 0. The summed E-state index contributed by atoms with van der Waals surface area (Å²) in [7, 11) is 0. The van der Waals surface area contributed by atoms with Crippen molar-refractivity contribution >= 4 is 5.69 Å². The van der Waals surface area contributed by atoms with Crippen LogP contribution in [-0.4, -0.2) is 38.5 Å². The van der Waals surface area contributed by atoms with E-state index < -0.39 is 0 Å². The fourth-order valence-corrected chi connectivity index (χ4v) is 3.32. The fourth-order valence-electron chi connectivity index (χ4n) is 3.32. The molecule has 0 saturated carbocycles. The van der Waals surface area contributed by atoms with E-state index in [-0.39, 0.29) is 0 Å². The van der Waals surface area contributed by atoms with Crippen LogP contribution in [0.5, 0.6) is 0 Å². The number of benzene rings is 1. The lowest BCUT2D eigenvalue weighted by molar-refractivity contribution is 0.578. The van der Waals surface area contributed by atoms with Gasteiger partial charge in [0.15, 0.2) is 5.82 Å². The Labute approximate surface area is 139 Å². The highest BCUT2D eigenvalue weighted by molar-refractivity contribution is 5.87. The number of rotatable bonds is 3. The van der Waals surface area contributed by atoms with Gasteiger partial charge in [-0.2, -0.15) is 15.5 Å². The van der Waals surface area contributed by atoms with Gasteiger partial charge in [-0.25, -0.2) is 4.98 Å². The molecule has 2 N–H and O–H groups in total. The molecule has 7 heteroatoms. The minimum atomic E-state index is 0.659. The summed E-state index contributed by atoms with van der Waals surface area (Å²) in [5.74, 6) is 0.686. The molecule has 0 atom stereocenters. The highest BCUT2D eigenvalue weighted by Gasteiger charge is 2.23. The Hall–Kier alpha value is -3.14. The molecule has 3 aromatic rings. The SMILES string of the molecule is N#Cc1c(-c2cn[nH]c2)ccc(-c2ncn[nH]2)c1N1CCCCC1. The van der Waals surface area contributed by atoms with Gasteiger partial charge in [0.25, 0.3) is 0 Å². The monoisotopic (exact) mass is 319 g/mol. The van der Waals surface area contributed by atoms with E-state index in [1.165, 1.54) is 12.7 Å². The molecule has 1 aromatic carbocycles. The van der Waals surface area contributed by atoms with Crippen molar-refractivity contribution in [1.82, 2.24) is 25.4 Å². The van der Waals surface area contributed by atoms with Crippen LogP contribution in [0.3, 0.4) is 0 Å². The molecule has 3 heterocycles. The Morgan fingerprint density at radius 2 is 1.92 bits per heavy atom. The zero-order chi connectivity index (χ0) is 16.4. The number of nitrogens with one attached hydrogen (secondary N) is 2. The summed E-state index contributed by atoms with van der Waals surface area (Å²) in [6, 6.07) is 6.37. The number of aromatic nitrogens is 5. The van der Waals surface area contributed by atoms with E-state index in [4.69, 9.17) is 0 Å². The molecule has 1 aliphatic rings.